The number of aromatic amines is 1. The Hall–Kier alpha value is -4.27. The van der Waals surface area contributed by atoms with Crippen LogP contribution in [0.25, 0.3) is 28.5 Å². The summed E-state index contributed by atoms with van der Waals surface area (Å²) >= 11 is 0. The number of tetrazole rings is 1. The van der Waals surface area contributed by atoms with Crippen LogP contribution in [-0.2, 0) is 26.4 Å². The molecular formula is C28H32N8O. The summed E-state index contributed by atoms with van der Waals surface area (Å²) in [5.74, 6) is 1.55. The molecule has 0 aliphatic rings. The largest absolute Gasteiger partial charge is 0.337 e. The second-order valence-corrected chi connectivity index (χ2v) is 9.34. The SMILES string of the molecule is CCCCc1cn(-c2c(CCC)ccn2C)c(=O)n1Cc1ccc(-c2ccccc2-c2nnn[nH]2)nc1. The second kappa shape index (κ2) is 10.8. The number of imidazole rings is 1. The van der Waals surface area contributed by atoms with Gasteiger partial charge in [-0.2, -0.15) is 0 Å². The number of hydrogen-bond donors (Lipinski definition) is 1. The van der Waals surface area contributed by atoms with Crippen molar-refractivity contribution in [3.8, 4) is 28.5 Å². The van der Waals surface area contributed by atoms with Gasteiger partial charge < -0.3 is 4.57 Å². The van der Waals surface area contributed by atoms with Crippen molar-refractivity contribution in [3.63, 3.8) is 0 Å². The molecule has 0 amide bonds. The van der Waals surface area contributed by atoms with Crippen molar-refractivity contribution in [3.05, 3.63) is 88.4 Å². The van der Waals surface area contributed by atoms with Crippen LogP contribution in [0.2, 0.25) is 0 Å². The fourth-order valence-corrected chi connectivity index (χ4v) is 4.81. The van der Waals surface area contributed by atoms with Crippen molar-refractivity contribution in [1.82, 2.24) is 39.3 Å². The van der Waals surface area contributed by atoms with Gasteiger partial charge in [-0.15, -0.1) is 5.10 Å². The van der Waals surface area contributed by atoms with Gasteiger partial charge in [-0.25, -0.2) is 9.89 Å². The molecule has 0 atom stereocenters. The van der Waals surface area contributed by atoms with E-state index in [0.29, 0.717) is 12.4 Å². The van der Waals surface area contributed by atoms with E-state index in [2.05, 4.69) is 40.5 Å². The molecule has 1 aromatic carbocycles. The van der Waals surface area contributed by atoms with Gasteiger partial charge in [0.15, 0.2) is 5.82 Å². The first kappa shape index (κ1) is 24.4. The molecule has 9 nitrogen and oxygen atoms in total. The summed E-state index contributed by atoms with van der Waals surface area (Å²) in [7, 11) is 2.00. The standard InChI is InChI=1S/C28H32N8O/c1-4-6-10-22-19-36(27-21(9-5-2)15-16-34(27)3)28(37)35(22)18-20-13-14-25(29-17-20)23-11-7-8-12-24(23)26-30-32-33-31-26/h7-8,11-17,19H,4-6,9-10,18H2,1-3H3,(H,30,31,32,33). The molecule has 5 rings (SSSR count). The number of H-pyrrole nitrogens is 1. The minimum atomic E-state index is -0.0162. The number of pyridine rings is 1. The summed E-state index contributed by atoms with van der Waals surface area (Å²) in [6, 6.07) is 14.0. The molecule has 0 saturated heterocycles. The number of aromatic nitrogens is 8. The van der Waals surface area contributed by atoms with E-state index in [-0.39, 0.29) is 5.69 Å². The number of aryl methyl sites for hydroxylation is 3. The van der Waals surface area contributed by atoms with Gasteiger partial charge in [0.1, 0.15) is 5.82 Å². The Kier molecular flexibility index (Phi) is 7.11. The van der Waals surface area contributed by atoms with Crippen LogP contribution in [0, 0.1) is 0 Å². The number of unbranched alkanes of at least 4 members (excludes halogenated alkanes) is 1. The van der Waals surface area contributed by atoms with E-state index in [1.807, 2.05) is 75.7 Å². The first-order chi connectivity index (χ1) is 18.1. The first-order valence-corrected chi connectivity index (χ1v) is 12.8. The highest BCUT2D eigenvalue weighted by atomic mass is 16.1. The third kappa shape index (κ3) is 4.89. The first-order valence-electron chi connectivity index (χ1n) is 12.8. The molecule has 0 radical (unpaired) electrons. The third-order valence-corrected chi connectivity index (χ3v) is 6.69. The van der Waals surface area contributed by atoms with Gasteiger partial charge in [0.05, 0.1) is 12.2 Å². The Balaban J connectivity index is 1.48. The number of benzene rings is 1. The molecule has 1 N–H and O–H groups in total. The summed E-state index contributed by atoms with van der Waals surface area (Å²) in [6.07, 6.45) is 10.8. The van der Waals surface area contributed by atoms with Crippen LogP contribution in [0.1, 0.15) is 49.9 Å². The highest BCUT2D eigenvalue weighted by Gasteiger charge is 2.18. The number of hydrogen-bond acceptors (Lipinski definition) is 5. The van der Waals surface area contributed by atoms with Crippen molar-refractivity contribution in [1.29, 1.82) is 0 Å². The van der Waals surface area contributed by atoms with E-state index in [1.165, 1.54) is 5.56 Å². The molecule has 4 heterocycles. The van der Waals surface area contributed by atoms with Gasteiger partial charge in [0.25, 0.3) is 0 Å². The zero-order chi connectivity index (χ0) is 25.8. The molecule has 0 unspecified atom stereocenters. The van der Waals surface area contributed by atoms with Crippen molar-refractivity contribution in [2.45, 2.75) is 52.5 Å². The van der Waals surface area contributed by atoms with E-state index >= 15 is 0 Å². The summed E-state index contributed by atoms with van der Waals surface area (Å²) in [5.41, 5.74) is 5.83. The Bertz CT molecular complexity index is 1520. The lowest BCUT2D eigenvalue weighted by atomic mass is 10.0. The fourth-order valence-electron chi connectivity index (χ4n) is 4.81. The van der Waals surface area contributed by atoms with Gasteiger partial charge in [0, 0.05) is 42.5 Å². The minimum absolute atomic E-state index is 0.0162. The van der Waals surface area contributed by atoms with Crippen molar-refractivity contribution < 1.29 is 0 Å². The summed E-state index contributed by atoms with van der Waals surface area (Å²) in [5, 5.41) is 14.3. The van der Waals surface area contributed by atoms with Crippen LogP contribution in [0.15, 0.2) is 65.8 Å². The average molecular weight is 497 g/mol. The Labute approximate surface area is 215 Å². The summed E-state index contributed by atoms with van der Waals surface area (Å²) in [6.45, 7) is 4.81. The van der Waals surface area contributed by atoms with E-state index in [9.17, 15) is 4.79 Å². The van der Waals surface area contributed by atoms with Crippen LogP contribution in [0.4, 0.5) is 0 Å². The molecule has 5 aromatic rings. The lowest BCUT2D eigenvalue weighted by Crippen LogP contribution is -2.26. The molecule has 190 valence electrons. The lowest BCUT2D eigenvalue weighted by Gasteiger charge is -2.10. The minimum Gasteiger partial charge on any atom is -0.337 e. The molecule has 0 aliphatic carbocycles. The molecule has 0 bridgehead atoms. The van der Waals surface area contributed by atoms with Crippen LogP contribution in [0.5, 0.6) is 0 Å². The van der Waals surface area contributed by atoms with Gasteiger partial charge in [-0.1, -0.05) is 57.0 Å². The van der Waals surface area contributed by atoms with Gasteiger partial charge in [-0.05, 0) is 52.9 Å². The maximum Gasteiger partial charge on any atom is 0.334 e. The molecule has 4 aromatic heterocycles. The summed E-state index contributed by atoms with van der Waals surface area (Å²) in [4.78, 5) is 18.4. The van der Waals surface area contributed by atoms with Gasteiger partial charge in [-0.3, -0.25) is 14.1 Å². The fraction of sp³-hybridized carbons (Fsp3) is 0.321. The van der Waals surface area contributed by atoms with Crippen LogP contribution >= 0.6 is 0 Å². The zero-order valence-electron chi connectivity index (χ0n) is 21.6. The maximum absolute atomic E-state index is 13.7. The molecule has 0 aliphatic heterocycles. The zero-order valence-corrected chi connectivity index (χ0v) is 21.6. The quantitative estimate of drug-likeness (QED) is 0.306. The number of rotatable bonds is 10. The average Bonchev–Trinajstić information content (AvgIpc) is 3.65. The predicted molar refractivity (Wildman–Crippen MR) is 144 cm³/mol. The van der Waals surface area contributed by atoms with Gasteiger partial charge >= 0.3 is 5.69 Å². The maximum atomic E-state index is 13.7. The predicted octanol–water partition coefficient (Wildman–Crippen LogP) is 4.56. The molecule has 37 heavy (non-hydrogen) atoms. The highest BCUT2D eigenvalue weighted by Crippen LogP contribution is 2.28. The van der Waals surface area contributed by atoms with Crippen molar-refractivity contribution in [2.75, 3.05) is 0 Å². The van der Waals surface area contributed by atoms with E-state index in [4.69, 9.17) is 4.98 Å². The van der Waals surface area contributed by atoms with Crippen molar-refractivity contribution in [2.24, 2.45) is 7.05 Å². The highest BCUT2D eigenvalue weighted by molar-refractivity contribution is 5.78. The number of nitrogens with zero attached hydrogens (tertiary/aromatic N) is 7. The monoisotopic (exact) mass is 496 g/mol. The van der Waals surface area contributed by atoms with E-state index in [0.717, 1.165) is 66.0 Å². The second-order valence-electron chi connectivity index (χ2n) is 9.34. The Morgan fingerprint density at radius 3 is 2.51 bits per heavy atom. The molecule has 0 fully saturated rings. The Morgan fingerprint density at radius 2 is 1.81 bits per heavy atom. The van der Waals surface area contributed by atoms with E-state index < -0.39 is 0 Å². The molecule has 0 spiro atoms. The normalized spacial score (nSPS) is 11.3. The number of nitrogens with one attached hydrogen (secondary N) is 1. The summed E-state index contributed by atoms with van der Waals surface area (Å²) < 4.78 is 5.75. The van der Waals surface area contributed by atoms with E-state index in [1.54, 1.807) is 0 Å². The molecular weight excluding hydrogens is 464 g/mol. The van der Waals surface area contributed by atoms with Crippen LogP contribution in [0.3, 0.4) is 0 Å². The molecule has 9 heteroatoms. The topological polar surface area (TPSA) is 99.2 Å². The van der Waals surface area contributed by atoms with Crippen LogP contribution in [-0.4, -0.2) is 39.3 Å². The smallest absolute Gasteiger partial charge is 0.334 e. The van der Waals surface area contributed by atoms with Crippen LogP contribution < -0.4 is 5.69 Å². The third-order valence-electron chi connectivity index (χ3n) is 6.69. The van der Waals surface area contributed by atoms with Crippen molar-refractivity contribution >= 4 is 0 Å². The Morgan fingerprint density at radius 1 is 0.973 bits per heavy atom. The van der Waals surface area contributed by atoms with Gasteiger partial charge in [0.2, 0.25) is 0 Å². The lowest BCUT2D eigenvalue weighted by molar-refractivity contribution is 0.668. The molecule has 0 saturated carbocycles.